The molecule has 1 aliphatic heterocycles. The van der Waals surface area contributed by atoms with Crippen molar-refractivity contribution in [3.63, 3.8) is 0 Å². The first kappa shape index (κ1) is 12.2. The number of hydrogen-bond donors (Lipinski definition) is 0. The number of rotatable bonds is 2. The molecular weight excluding hydrogens is 210 g/mol. The van der Waals surface area contributed by atoms with Crippen molar-refractivity contribution in [2.75, 3.05) is 6.54 Å². The molecule has 1 heterocycles. The lowest BCUT2D eigenvalue weighted by atomic mass is 10.0. The molecule has 92 valence electrons. The molecule has 0 saturated carbocycles. The summed E-state index contributed by atoms with van der Waals surface area (Å²) in [5, 5.41) is 0. The molecule has 2 nitrogen and oxygen atoms in total. The topological polar surface area (TPSA) is 20.3 Å². The summed E-state index contributed by atoms with van der Waals surface area (Å²) in [4.78, 5) is 14.5. The molecule has 0 bridgehead atoms. The van der Waals surface area contributed by atoms with Crippen molar-refractivity contribution in [2.45, 2.75) is 46.1 Å². The minimum absolute atomic E-state index is 0.206. The Morgan fingerprint density at radius 2 is 2.12 bits per heavy atom. The van der Waals surface area contributed by atoms with Crippen molar-refractivity contribution in [1.29, 1.82) is 0 Å². The number of aryl methyl sites for hydroxylation is 2. The lowest BCUT2D eigenvalue weighted by Crippen LogP contribution is -2.35. The maximum atomic E-state index is 12.4. The third-order valence-corrected chi connectivity index (χ3v) is 3.86. The van der Waals surface area contributed by atoms with Gasteiger partial charge in [0.1, 0.15) is 0 Å². The van der Waals surface area contributed by atoms with Crippen LogP contribution in [0.25, 0.3) is 0 Å². The first-order chi connectivity index (χ1) is 8.13. The molecule has 1 saturated heterocycles. The maximum Gasteiger partial charge on any atom is 0.254 e. The van der Waals surface area contributed by atoms with Crippen molar-refractivity contribution in [1.82, 2.24) is 4.90 Å². The van der Waals surface area contributed by atoms with Gasteiger partial charge < -0.3 is 4.90 Å². The van der Waals surface area contributed by atoms with E-state index < -0.39 is 0 Å². The summed E-state index contributed by atoms with van der Waals surface area (Å²) in [5.41, 5.74) is 3.28. The van der Waals surface area contributed by atoms with Crippen molar-refractivity contribution in [2.24, 2.45) is 0 Å². The summed E-state index contributed by atoms with van der Waals surface area (Å²) in [7, 11) is 0. The summed E-state index contributed by atoms with van der Waals surface area (Å²) in [5.74, 6) is 0.206. The number of carbonyl (C=O) groups excluding carboxylic acids is 1. The molecule has 0 radical (unpaired) electrons. The summed E-state index contributed by atoms with van der Waals surface area (Å²) < 4.78 is 0. The lowest BCUT2D eigenvalue weighted by Gasteiger charge is -2.24. The van der Waals surface area contributed by atoms with E-state index in [-0.39, 0.29) is 5.91 Å². The van der Waals surface area contributed by atoms with E-state index in [1.54, 1.807) is 0 Å². The molecule has 0 aromatic heterocycles. The first-order valence-corrected chi connectivity index (χ1v) is 6.51. The van der Waals surface area contributed by atoms with E-state index in [2.05, 4.69) is 20.8 Å². The van der Waals surface area contributed by atoms with Crippen LogP contribution in [0.4, 0.5) is 0 Å². The van der Waals surface area contributed by atoms with E-state index in [0.29, 0.717) is 6.04 Å². The predicted octanol–water partition coefficient (Wildman–Crippen LogP) is 3.32. The SMILES string of the molecule is CCC1CCCN1C(=O)c1ccc(C)c(C)c1. The molecule has 1 aromatic carbocycles. The fourth-order valence-electron chi connectivity index (χ4n) is 2.57. The van der Waals surface area contributed by atoms with Crippen LogP contribution in [0.5, 0.6) is 0 Å². The van der Waals surface area contributed by atoms with Gasteiger partial charge in [0.25, 0.3) is 5.91 Å². The van der Waals surface area contributed by atoms with Crippen molar-refractivity contribution in [3.8, 4) is 0 Å². The van der Waals surface area contributed by atoms with E-state index in [0.717, 1.165) is 31.4 Å². The molecule has 1 amide bonds. The number of hydrogen-bond acceptors (Lipinski definition) is 1. The van der Waals surface area contributed by atoms with E-state index in [1.165, 1.54) is 11.1 Å². The average molecular weight is 231 g/mol. The fourth-order valence-corrected chi connectivity index (χ4v) is 2.57. The molecule has 1 fully saturated rings. The molecule has 17 heavy (non-hydrogen) atoms. The van der Waals surface area contributed by atoms with Crippen LogP contribution >= 0.6 is 0 Å². The molecule has 1 atom stereocenters. The standard InChI is InChI=1S/C15H21NO/c1-4-14-6-5-9-16(14)15(17)13-8-7-11(2)12(3)10-13/h7-8,10,14H,4-6,9H2,1-3H3. The smallest absolute Gasteiger partial charge is 0.254 e. The molecule has 1 aliphatic rings. The summed E-state index contributed by atoms with van der Waals surface area (Å²) in [6.45, 7) is 7.22. The minimum Gasteiger partial charge on any atom is -0.336 e. The van der Waals surface area contributed by atoms with Gasteiger partial charge in [0.15, 0.2) is 0 Å². The Bertz CT molecular complexity index is 425. The Hall–Kier alpha value is -1.31. The van der Waals surface area contributed by atoms with Crippen molar-refractivity contribution >= 4 is 5.91 Å². The van der Waals surface area contributed by atoms with Crippen LogP contribution in [-0.4, -0.2) is 23.4 Å². The highest BCUT2D eigenvalue weighted by molar-refractivity contribution is 5.94. The molecule has 0 spiro atoms. The van der Waals surface area contributed by atoms with Gasteiger partial charge in [-0.05, 0) is 56.4 Å². The van der Waals surface area contributed by atoms with Gasteiger partial charge in [-0.15, -0.1) is 0 Å². The van der Waals surface area contributed by atoms with Gasteiger partial charge >= 0.3 is 0 Å². The summed E-state index contributed by atoms with van der Waals surface area (Å²) >= 11 is 0. The Labute approximate surface area is 104 Å². The van der Waals surface area contributed by atoms with Crippen LogP contribution in [0, 0.1) is 13.8 Å². The third kappa shape index (κ3) is 2.36. The number of benzene rings is 1. The lowest BCUT2D eigenvalue weighted by molar-refractivity contribution is 0.0733. The van der Waals surface area contributed by atoms with Crippen LogP contribution in [0.1, 0.15) is 47.7 Å². The van der Waals surface area contributed by atoms with Crippen LogP contribution in [0.3, 0.4) is 0 Å². The van der Waals surface area contributed by atoms with Gasteiger partial charge in [-0.3, -0.25) is 4.79 Å². The highest BCUT2D eigenvalue weighted by Gasteiger charge is 2.27. The quantitative estimate of drug-likeness (QED) is 0.764. The highest BCUT2D eigenvalue weighted by atomic mass is 16.2. The first-order valence-electron chi connectivity index (χ1n) is 6.51. The van der Waals surface area contributed by atoms with Gasteiger partial charge in [0.05, 0.1) is 0 Å². The minimum atomic E-state index is 0.206. The third-order valence-electron chi connectivity index (χ3n) is 3.86. The molecule has 0 N–H and O–H groups in total. The number of amides is 1. The van der Waals surface area contributed by atoms with Crippen LogP contribution in [0.15, 0.2) is 18.2 Å². The van der Waals surface area contributed by atoms with E-state index in [9.17, 15) is 4.79 Å². The van der Waals surface area contributed by atoms with Gasteiger partial charge in [0, 0.05) is 18.2 Å². The van der Waals surface area contributed by atoms with Crippen LogP contribution in [-0.2, 0) is 0 Å². The van der Waals surface area contributed by atoms with Crippen LogP contribution in [0.2, 0.25) is 0 Å². The number of carbonyl (C=O) groups is 1. The molecule has 2 rings (SSSR count). The Kier molecular flexibility index (Phi) is 3.51. The van der Waals surface area contributed by atoms with E-state index >= 15 is 0 Å². The molecular formula is C15H21NO. The summed E-state index contributed by atoms with van der Waals surface area (Å²) in [6, 6.07) is 6.46. The zero-order chi connectivity index (χ0) is 12.4. The predicted molar refractivity (Wildman–Crippen MR) is 70.3 cm³/mol. The van der Waals surface area contributed by atoms with Crippen molar-refractivity contribution in [3.05, 3.63) is 34.9 Å². The van der Waals surface area contributed by atoms with Gasteiger partial charge in [-0.1, -0.05) is 13.0 Å². The monoisotopic (exact) mass is 231 g/mol. The zero-order valence-corrected chi connectivity index (χ0v) is 11.0. The molecule has 1 aromatic rings. The largest absolute Gasteiger partial charge is 0.336 e. The Balaban J connectivity index is 2.21. The van der Waals surface area contributed by atoms with Gasteiger partial charge in [0.2, 0.25) is 0 Å². The molecule has 1 unspecified atom stereocenters. The van der Waals surface area contributed by atoms with E-state index in [1.807, 2.05) is 23.1 Å². The Morgan fingerprint density at radius 3 is 2.76 bits per heavy atom. The maximum absolute atomic E-state index is 12.4. The Morgan fingerprint density at radius 1 is 1.35 bits per heavy atom. The second-order valence-corrected chi connectivity index (χ2v) is 5.00. The molecule has 2 heteroatoms. The van der Waals surface area contributed by atoms with Crippen LogP contribution < -0.4 is 0 Å². The number of nitrogens with zero attached hydrogens (tertiary/aromatic N) is 1. The normalized spacial score (nSPS) is 19.7. The molecule has 0 aliphatic carbocycles. The zero-order valence-electron chi connectivity index (χ0n) is 11.0. The van der Waals surface area contributed by atoms with Gasteiger partial charge in [-0.2, -0.15) is 0 Å². The van der Waals surface area contributed by atoms with Crippen molar-refractivity contribution < 1.29 is 4.79 Å². The fraction of sp³-hybridized carbons (Fsp3) is 0.533. The second kappa shape index (κ2) is 4.91. The summed E-state index contributed by atoms with van der Waals surface area (Å²) in [6.07, 6.45) is 3.37. The van der Waals surface area contributed by atoms with Gasteiger partial charge in [-0.25, -0.2) is 0 Å². The average Bonchev–Trinajstić information content (AvgIpc) is 2.80. The van der Waals surface area contributed by atoms with E-state index in [4.69, 9.17) is 0 Å². The highest BCUT2D eigenvalue weighted by Crippen LogP contribution is 2.23. The number of likely N-dealkylation sites (tertiary alicyclic amines) is 1. The second-order valence-electron chi connectivity index (χ2n) is 5.00.